The molecule has 0 spiro atoms. The largest absolute Gasteiger partial charge is 0.395 e. The highest BCUT2D eigenvalue weighted by Gasteiger charge is 2.21. The van der Waals surface area contributed by atoms with Crippen molar-refractivity contribution in [3.05, 3.63) is 23.9 Å². The van der Waals surface area contributed by atoms with Gasteiger partial charge in [0, 0.05) is 12.3 Å². The van der Waals surface area contributed by atoms with Gasteiger partial charge in [-0.15, -0.1) is 0 Å². The molecule has 1 heterocycles. The molecule has 4 nitrogen and oxygen atoms in total. The Morgan fingerprint density at radius 1 is 1.35 bits per heavy atom. The first-order valence-corrected chi connectivity index (χ1v) is 7.17. The Morgan fingerprint density at radius 3 is 2.90 bits per heavy atom. The summed E-state index contributed by atoms with van der Waals surface area (Å²) in [7, 11) is 0. The number of hydrogen-bond acceptors (Lipinski definition) is 3. The minimum Gasteiger partial charge on any atom is -0.395 e. The average molecular weight is 272 g/mol. The Balaban J connectivity index is 1.97. The standard InChI is InChI=1S/C16H20N2O2/c19-12-5-4-9-14-10-6-11-15(17-14)18-16(20)13-7-2-1-3-8-13/h6,10-11,13,19H,1-3,5,7-8,12H2,(H,17,18,20). The lowest BCUT2D eigenvalue weighted by Gasteiger charge is -2.20. The van der Waals surface area contributed by atoms with E-state index in [2.05, 4.69) is 22.1 Å². The number of aromatic nitrogens is 1. The summed E-state index contributed by atoms with van der Waals surface area (Å²) in [6.07, 6.45) is 5.89. The molecule has 1 aliphatic rings. The molecule has 2 rings (SSSR count). The number of anilines is 1. The normalized spacial score (nSPS) is 15.2. The summed E-state index contributed by atoms with van der Waals surface area (Å²) in [5.74, 6) is 6.43. The summed E-state index contributed by atoms with van der Waals surface area (Å²) in [4.78, 5) is 16.4. The van der Waals surface area contributed by atoms with Gasteiger partial charge in [-0.3, -0.25) is 4.79 Å². The minimum absolute atomic E-state index is 0.0467. The number of amides is 1. The molecule has 0 aromatic carbocycles. The van der Waals surface area contributed by atoms with E-state index in [0.29, 0.717) is 17.9 Å². The number of rotatable bonds is 3. The number of carbonyl (C=O) groups is 1. The third-order valence-electron chi connectivity index (χ3n) is 3.43. The number of nitrogens with one attached hydrogen (secondary N) is 1. The Labute approximate surface area is 119 Å². The molecule has 20 heavy (non-hydrogen) atoms. The van der Waals surface area contributed by atoms with Crippen LogP contribution in [0.4, 0.5) is 5.82 Å². The third kappa shape index (κ3) is 4.36. The maximum absolute atomic E-state index is 12.1. The highest BCUT2D eigenvalue weighted by molar-refractivity contribution is 5.91. The fraction of sp³-hybridized carbons (Fsp3) is 0.500. The van der Waals surface area contributed by atoms with Gasteiger partial charge in [-0.1, -0.05) is 31.2 Å². The summed E-state index contributed by atoms with van der Waals surface area (Å²) < 4.78 is 0. The van der Waals surface area contributed by atoms with E-state index in [1.54, 1.807) is 12.1 Å². The monoisotopic (exact) mass is 272 g/mol. The fourth-order valence-electron chi connectivity index (χ4n) is 2.38. The van der Waals surface area contributed by atoms with Crippen molar-refractivity contribution in [3.8, 4) is 11.8 Å². The van der Waals surface area contributed by atoms with Crippen LogP contribution in [-0.4, -0.2) is 22.6 Å². The fourth-order valence-corrected chi connectivity index (χ4v) is 2.38. The smallest absolute Gasteiger partial charge is 0.228 e. The van der Waals surface area contributed by atoms with Crippen LogP contribution >= 0.6 is 0 Å². The first-order valence-electron chi connectivity index (χ1n) is 7.17. The van der Waals surface area contributed by atoms with Crippen LogP contribution in [0.5, 0.6) is 0 Å². The van der Waals surface area contributed by atoms with E-state index in [4.69, 9.17) is 5.11 Å². The average Bonchev–Trinajstić information content (AvgIpc) is 2.49. The van der Waals surface area contributed by atoms with Gasteiger partial charge in [0.2, 0.25) is 5.91 Å². The second-order valence-corrected chi connectivity index (χ2v) is 5.01. The zero-order valence-electron chi connectivity index (χ0n) is 11.6. The van der Waals surface area contributed by atoms with Crippen molar-refractivity contribution < 1.29 is 9.90 Å². The van der Waals surface area contributed by atoms with E-state index < -0.39 is 0 Å². The summed E-state index contributed by atoms with van der Waals surface area (Å²) in [6.45, 7) is 0.0467. The lowest BCUT2D eigenvalue weighted by molar-refractivity contribution is -0.120. The maximum atomic E-state index is 12.1. The van der Waals surface area contributed by atoms with Gasteiger partial charge in [0.05, 0.1) is 6.61 Å². The van der Waals surface area contributed by atoms with E-state index in [-0.39, 0.29) is 18.4 Å². The van der Waals surface area contributed by atoms with Gasteiger partial charge in [-0.05, 0) is 30.9 Å². The van der Waals surface area contributed by atoms with E-state index in [1.807, 2.05) is 6.07 Å². The molecule has 0 saturated heterocycles. The van der Waals surface area contributed by atoms with Crippen molar-refractivity contribution in [2.75, 3.05) is 11.9 Å². The van der Waals surface area contributed by atoms with E-state index in [0.717, 1.165) is 25.7 Å². The SMILES string of the molecule is O=C(Nc1cccc(C#CCCO)n1)C1CCCCC1. The molecule has 1 amide bonds. The van der Waals surface area contributed by atoms with Crippen LogP contribution < -0.4 is 5.32 Å². The summed E-state index contributed by atoms with van der Waals surface area (Å²) in [5.41, 5.74) is 0.611. The maximum Gasteiger partial charge on any atom is 0.228 e. The van der Waals surface area contributed by atoms with Crippen LogP contribution in [0.25, 0.3) is 0 Å². The molecule has 1 saturated carbocycles. The minimum atomic E-state index is 0.0467. The summed E-state index contributed by atoms with van der Waals surface area (Å²) >= 11 is 0. The van der Waals surface area contributed by atoms with Crippen molar-refractivity contribution in [1.82, 2.24) is 4.98 Å². The molecule has 1 aliphatic carbocycles. The summed E-state index contributed by atoms with van der Waals surface area (Å²) in [5, 5.41) is 11.6. The van der Waals surface area contributed by atoms with Crippen LogP contribution in [0, 0.1) is 17.8 Å². The number of nitrogens with zero attached hydrogens (tertiary/aromatic N) is 1. The zero-order chi connectivity index (χ0) is 14.2. The quantitative estimate of drug-likeness (QED) is 0.830. The molecule has 0 unspecified atom stereocenters. The van der Waals surface area contributed by atoms with Gasteiger partial charge in [0.25, 0.3) is 0 Å². The summed E-state index contributed by atoms with van der Waals surface area (Å²) in [6, 6.07) is 5.39. The molecule has 0 radical (unpaired) electrons. The lowest BCUT2D eigenvalue weighted by atomic mass is 9.89. The molecule has 0 atom stereocenters. The number of aliphatic hydroxyl groups is 1. The van der Waals surface area contributed by atoms with Gasteiger partial charge < -0.3 is 10.4 Å². The lowest BCUT2D eigenvalue weighted by Crippen LogP contribution is -2.25. The highest BCUT2D eigenvalue weighted by atomic mass is 16.2. The van der Waals surface area contributed by atoms with Crippen molar-refractivity contribution >= 4 is 11.7 Å². The molecule has 1 fully saturated rings. The molecule has 1 aromatic heterocycles. The Morgan fingerprint density at radius 2 is 2.15 bits per heavy atom. The Kier molecular flexibility index (Phi) is 5.57. The van der Waals surface area contributed by atoms with Crippen LogP contribution in [0.3, 0.4) is 0 Å². The first-order chi connectivity index (χ1) is 9.79. The zero-order valence-corrected chi connectivity index (χ0v) is 11.6. The van der Waals surface area contributed by atoms with Crippen molar-refractivity contribution in [2.45, 2.75) is 38.5 Å². The number of pyridine rings is 1. The molecule has 106 valence electrons. The van der Waals surface area contributed by atoms with Gasteiger partial charge in [0.15, 0.2) is 0 Å². The van der Waals surface area contributed by atoms with E-state index in [9.17, 15) is 4.79 Å². The van der Waals surface area contributed by atoms with Gasteiger partial charge in [-0.2, -0.15) is 0 Å². The van der Waals surface area contributed by atoms with E-state index in [1.165, 1.54) is 6.42 Å². The molecular weight excluding hydrogens is 252 g/mol. The molecule has 0 bridgehead atoms. The van der Waals surface area contributed by atoms with Crippen molar-refractivity contribution in [3.63, 3.8) is 0 Å². The number of hydrogen-bond donors (Lipinski definition) is 2. The number of aliphatic hydroxyl groups excluding tert-OH is 1. The number of carbonyl (C=O) groups excluding carboxylic acids is 1. The van der Waals surface area contributed by atoms with Gasteiger partial charge >= 0.3 is 0 Å². The second-order valence-electron chi connectivity index (χ2n) is 5.01. The first kappa shape index (κ1) is 14.5. The third-order valence-corrected chi connectivity index (χ3v) is 3.43. The second kappa shape index (κ2) is 7.66. The van der Waals surface area contributed by atoms with Gasteiger partial charge in [0.1, 0.15) is 11.5 Å². The van der Waals surface area contributed by atoms with Crippen LogP contribution in [0.15, 0.2) is 18.2 Å². The molecule has 0 aliphatic heterocycles. The topological polar surface area (TPSA) is 62.2 Å². The molecule has 2 N–H and O–H groups in total. The van der Waals surface area contributed by atoms with Crippen molar-refractivity contribution in [2.24, 2.45) is 5.92 Å². The van der Waals surface area contributed by atoms with Crippen LogP contribution in [-0.2, 0) is 4.79 Å². The van der Waals surface area contributed by atoms with Crippen LogP contribution in [0.2, 0.25) is 0 Å². The predicted molar refractivity (Wildman–Crippen MR) is 78.0 cm³/mol. The Bertz CT molecular complexity index is 511. The Hall–Kier alpha value is -1.86. The van der Waals surface area contributed by atoms with Crippen molar-refractivity contribution in [1.29, 1.82) is 0 Å². The molecule has 4 heteroatoms. The predicted octanol–water partition coefficient (Wildman–Crippen LogP) is 2.33. The molecular formula is C16H20N2O2. The molecule has 1 aromatic rings. The van der Waals surface area contributed by atoms with E-state index >= 15 is 0 Å². The van der Waals surface area contributed by atoms with Crippen LogP contribution in [0.1, 0.15) is 44.2 Å². The van der Waals surface area contributed by atoms with Gasteiger partial charge in [-0.25, -0.2) is 4.98 Å². The highest BCUT2D eigenvalue weighted by Crippen LogP contribution is 2.24.